The number of hydrogen-bond donors (Lipinski definition) is 8. The summed E-state index contributed by atoms with van der Waals surface area (Å²) in [6.07, 6.45) is 1.76. The fourth-order valence-electron chi connectivity index (χ4n) is 8.08. The number of aliphatic hydroxyl groups excluding tert-OH is 2. The van der Waals surface area contributed by atoms with Crippen molar-refractivity contribution in [1.29, 1.82) is 0 Å². The molecular weight excluding hydrogens is 981 g/mol. The van der Waals surface area contributed by atoms with Gasteiger partial charge in [0.25, 0.3) is 0 Å². The number of benzene rings is 1. The molecule has 8 N–H and O–H groups in total. The summed E-state index contributed by atoms with van der Waals surface area (Å²) in [5.41, 5.74) is 2.96. The van der Waals surface area contributed by atoms with Gasteiger partial charge in [0.15, 0.2) is 6.23 Å². The van der Waals surface area contributed by atoms with Crippen LogP contribution in [0.1, 0.15) is 72.3 Å². The number of H-pyrrole nitrogens is 1. The molecule has 20 nitrogen and oxygen atoms in total. The minimum Gasteiger partial charge on any atom is -0.445 e. The molecule has 5 rings (SSSR count). The molecule has 21 heteroatoms. The number of likely N-dealkylation sites (N-methyl/N-ethyl adjacent to an activating group) is 1. The summed E-state index contributed by atoms with van der Waals surface area (Å²) in [5.74, 6) is -3.78. The van der Waals surface area contributed by atoms with E-state index in [1.54, 1.807) is 75.6 Å². The van der Waals surface area contributed by atoms with Gasteiger partial charge in [-0.2, -0.15) is 0 Å². The van der Waals surface area contributed by atoms with Crippen molar-refractivity contribution in [1.82, 2.24) is 35.7 Å². The number of rotatable bonds is 21. The first-order chi connectivity index (χ1) is 31.8. The molecular formula is C46H62IN9O11. The van der Waals surface area contributed by atoms with Crippen molar-refractivity contribution in [3.63, 3.8) is 0 Å². The van der Waals surface area contributed by atoms with Crippen LogP contribution in [0, 0.1) is 11.8 Å². The lowest BCUT2D eigenvalue weighted by atomic mass is 9.84. The van der Waals surface area contributed by atoms with Gasteiger partial charge >= 0.3 is 6.09 Å². The molecule has 0 radical (unpaired) electrons. The van der Waals surface area contributed by atoms with Gasteiger partial charge in [0, 0.05) is 47.9 Å². The Morgan fingerprint density at radius 1 is 1.06 bits per heavy atom. The van der Waals surface area contributed by atoms with Gasteiger partial charge in [-0.3, -0.25) is 38.7 Å². The number of carbonyl (C=O) groups is 7. The Labute approximate surface area is 402 Å². The first-order valence-electron chi connectivity index (χ1n) is 22.3. The van der Waals surface area contributed by atoms with E-state index in [0.717, 1.165) is 22.6 Å². The van der Waals surface area contributed by atoms with E-state index in [4.69, 9.17) is 9.47 Å². The molecule has 4 heterocycles. The number of hydrogen-bond acceptors (Lipinski definition) is 13. The van der Waals surface area contributed by atoms with Gasteiger partial charge in [0.2, 0.25) is 35.4 Å². The molecule has 2 aliphatic heterocycles. The van der Waals surface area contributed by atoms with Crippen molar-refractivity contribution in [2.24, 2.45) is 11.8 Å². The summed E-state index contributed by atoms with van der Waals surface area (Å²) >= 11 is 2.26. The van der Waals surface area contributed by atoms with Crippen LogP contribution in [0.5, 0.6) is 0 Å². The van der Waals surface area contributed by atoms with E-state index >= 15 is 0 Å². The normalized spacial score (nSPS) is 22.3. The van der Waals surface area contributed by atoms with Crippen molar-refractivity contribution >= 4 is 86.5 Å². The molecule has 2 aromatic heterocycles. The lowest BCUT2D eigenvalue weighted by molar-refractivity contribution is -0.172. The molecule has 3 aromatic rings. The number of carbonyl (C=O) groups excluding carboxylic acids is 7. The van der Waals surface area contributed by atoms with Gasteiger partial charge in [-0.15, -0.1) is 6.58 Å². The Balaban J connectivity index is 1.02. The second-order valence-corrected chi connectivity index (χ2v) is 19.5. The number of likely N-dealkylation sites (tertiary alicyclic amines) is 1. The van der Waals surface area contributed by atoms with Gasteiger partial charge in [-0.05, 0) is 62.4 Å². The molecule has 364 valence electrons. The van der Waals surface area contributed by atoms with Crippen LogP contribution in [0.2, 0.25) is 0 Å². The molecule has 2 unspecified atom stereocenters. The third-order valence-electron chi connectivity index (χ3n) is 11.8. The highest BCUT2D eigenvalue weighted by molar-refractivity contribution is 14.1. The Kier molecular flexibility index (Phi) is 18.3. The van der Waals surface area contributed by atoms with E-state index in [-0.39, 0.29) is 43.7 Å². The maximum Gasteiger partial charge on any atom is 0.410 e. The van der Waals surface area contributed by atoms with Crippen LogP contribution in [0.15, 0.2) is 61.4 Å². The number of fused-ring (bicyclic) bond motifs is 1. The highest BCUT2D eigenvalue weighted by Crippen LogP contribution is 2.43. The molecule has 0 spiro atoms. The van der Waals surface area contributed by atoms with E-state index in [9.17, 15) is 43.8 Å². The predicted octanol–water partition coefficient (Wildman–Crippen LogP) is 3.09. The molecule has 67 heavy (non-hydrogen) atoms. The van der Waals surface area contributed by atoms with Gasteiger partial charge in [-0.1, -0.05) is 68.0 Å². The van der Waals surface area contributed by atoms with Gasteiger partial charge < -0.3 is 56.2 Å². The van der Waals surface area contributed by atoms with Crippen molar-refractivity contribution in [2.45, 2.75) is 119 Å². The number of halogens is 1. The summed E-state index contributed by atoms with van der Waals surface area (Å²) in [4.78, 5) is 101. The van der Waals surface area contributed by atoms with Crippen LogP contribution in [0.4, 0.5) is 16.2 Å². The lowest BCUT2D eigenvalue weighted by Gasteiger charge is -2.42. The van der Waals surface area contributed by atoms with Gasteiger partial charge in [0.1, 0.15) is 37.4 Å². The van der Waals surface area contributed by atoms with Crippen LogP contribution >= 0.6 is 22.6 Å². The summed E-state index contributed by atoms with van der Waals surface area (Å²) in [6.45, 7) is 11.7. The SMILES string of the molecule is C=CCC(I)(CCC)C1CC(=O)N(CCC(=O)N[C@H](C(=O)N[C@@H](C)C(=O)Nc2ccc(COC(=O)N(C)CC(=O)N[C@@H]3[C@@H](O)[C@@H](O)[C@@H](Nc4ccnc5cc[nH]c45)O[C@H]3C)cc2)C(C)C)C1=O. The van der Waals surface area contributed by atoms with Crippen LogP contribution in [-0.4, -0.2) is 138 Å². The fraction of sp³-hybridized carbons (Fsp3) is 0.522. The minimum absolute atomic E-state index is 0.0710. The number of imide groups is 1. The predicted molar refractivity (Wildman–Crippen MR) is 256 cm³/mol. The molecule has 0 saturated carbocycles. The molecule has 2 saturated heterocycles. The zero-order valence-corrected chi connectivity index (χ0v) is 40.7. The van der Waals surface area contributed by atoms with Crippen LogP contribution < -0.4 is 26.6 Å². The van der Waals surface area contributed by atoms with Crippen molar-refractivity contribution in [2.75, 3.05) is 30.8 Å². The largest absolute Gasteiger partial charge is 0.445 e. The average molecular weight is 1040 g/mol. The molecule has 7 amide bonds. The van der Waals surface area contributed by atoms with Crippen LogP contribution in [0.25, 0.3) is 11.0 Å². The Morgan fingerprint density at radius 2 is 1.78 bits per heavy atom. The first kappa shape index (κ1) is 52.3. The van der Waals surface area contributed by atoms with Gasteiger partial charge in [0.05, 0.1) is 34.8 Å². The number of nitrogens with zero attached hydrogens (tertiary/aromatic N) is 3. The quantitative estimate of drug-likeness (QED) is 0.0330. The highest BCUT2D eigenvalue weighted by atomic mass is 127. The molecule has 0 bridgehead atoms. The third kappa shape index (κ3) is 13.3. The molecule has 1 aromatic carbocycles. The van der Waals surface area contributed by atoms with Gasteiger partial charge in [-0.25, -0.2) is 4.79 Å². The third-order valence-corrected chi connectivity index (χ3v) is 13.6. The number of aliphatic hydroxyl groups is 2. The fourth-order valence-corrected chi connectivity index (χ4v) is 9.42. The minimum atomic E-state index is -1.42. The topological polar surface area (TPSA) is 274 Å². The molecule has 2 aliphatic rings. The number of aromatic nitrogens is 2. The zero-order valence-electron chi connectivity index (χ0n) is 38.5. The Bertz CT molecular complexity index is 2280. The first-order valence-corrected chi connectivity index (χ1v) is 23.4. The standard InChI is InChI=1S/C46H62IN9O11/c1-8-17-46(47,18-9-2)30-22-35(59)56(44(30)64)21-16-33(57)53-36(25(3)4)42(63)50-26(5)41(62)51-29-12-10-28(11-13-29)24-66-45(65)55(7)23-34(58)54-37-27(6)67-43(40(61)39(37)60)52-32-15-19-48-31-14-20-49-38(31)32/h8,10-15,19-20,25-27,30,36-37,39-40,43,49,60-61H,1,9,16-18,21-24H2,2-7H3,(H,48,52)(H,50,63)(H,51,62)(H,53,57)(H,54,58)/t26-,27-,30?,36-,37-,39+,40+,43-,46?/m0/s1. The number of nitrogens with one attached hydrogen (secondary N) is 6. The summed E-state index contributed by atoms with van der Waals surface area (Å²) in [5, 5.41) is 35.6. The van der Waals surface area contributed by atoms with Crippen molar-refractivity contribution in [3.8, 4) is 0 Å². The molecule has 2 fully saturated rings. The van der Waals surface area contributed by atoms with E-state index in [1.165, 1.54) is 14.0 Å². The van der Waals surface area contributed by atoms with E-state index < -0.39 is 88.3 Å². The smallest absolute Gasteiger partial charge is 0.410 e. The van der Waals surface area contributed by atoms with Crippen LogP contribution in [-0.2, 0) is 44.8 Å². The lowest BCUT2D eigenvalue weighted by Crippen LogP contribution is -2.64. The number of allylic oxidation sites excluding steroid dienone is 1. The van der Waals surface area contributed by atoms with E-state index in [0.29, 0.717) is 34.4 Å². The van der Waals surface area contributed by atoms with E-state index in [2.05, 4.69) is 65.7 Å². The maximum atomic E-state index is 13.3. The maximum absolute atomic E-state index is 13.3. The summed E-state index contributed by atoms with van der Waals surface area (Å²) < 4.78 is 10.9. The average Bonchev–Trinajstić information content (AvgIpc) is 3.89. The molecule has 0 aliphatic carbocycles. The van der Waals surface area contributed by atoms with Crippen molar-refractivity contribution < 1.29 is 53.2 Å². The van der Waals surface area contributed by atoms with Crippen molar-refractivity contribution in [3.05, 3.63) is 67.0 Å². The number of aromatic amines is 1. The Hall–Kier alpha value is -5.65. The summed E-state index contributed by atoms with van der Waals surface area (Å²) in [7, 11) is 1.37. The van der Waals surface area contributed by atoms with Crippen LogP contribution in [0.3, 0.4) is 0 Å². The second-order valence-electron chi connectivity index (χ2n) is 17.4. The highest BCUT2D eigenvalue weighted by Gasteiger charge is 2.49. The number of alkyl halides is 1. The monoisotopic (exact) mass is 1040 g/mol. The number of pyridine rings is 1. The molecule has 9 atom stereocenters. The van der Waals surface area contributed by atoms with E-state index in [1.807, 2.05) is 6.92 Å². The summed E-state index contributed by atoms with van der Waals surface area (Å²) in [6, 6.07) is 6.89. The second kappa shape index (κ2) is 23.4. The number of ether oxygens (including phenoxy) is 2. The zero-order chi connectivity index (χ0) is 49.2. The number of anilines is 2. The Morgan fingerprint density at radius 3 is 2.45 bits per heavy atom. The number of amides is 7.